The molecule has 0 saturated carbocycles. The number of aromatic nitrogens is 1. The first-order chi connectivity index (χ1) is 14.5. The fourth-order valence-corrected chi connectivity index (χ4v) is 3.68. The smallest absolute Gasteiger partial charge is 0.271 e. The van der Waals surface area contributed by atoms with Gasteiger partial charge in [-0.05, 0) is 55.0 Å². The topological polar surface area (TPSA) is 46.4 Å². The lowest BCUT2D eigenvalue weighted by molar-refractivity contribution is 0.0955. The number of para-hydroxylation sites is 1. The molecule has 1 heterocycles. The Hall–Kier alpha value is -3.25. The lowest BCUT2D eigenvalue weighted by Crippen LogP contribution is -2.17. The maximum absolute atomic E-state index is 13.2. The van der Waals surface area contributed by atoms with Gasteiger partial charge >= 0.3 is 0 Å². The number of halogens is 2. The van der Waals surface area contributed by atoms with E-state index in [1.165, 1.54) is 12.1 Å². The third kappa shape index (κ3) is 4.19. The maximum Gasteiger partial charge on any atom is 0.271 e. The fraction of sp³-hybridized carbons (Fsp3) is 0.0833. The maximum atomic E-state index is 13.2. The number of fused-ring (bicyclic) bond motifs is 1. The van der Waals surface area contributed by atoms with Crippen molar-refractivity contribution in [2.75, 3.05) is 0 Å². The van der Waals surface area contributed by atoms with E-state index >= 15 is 0 Å². The normalized spacial score (nSPS) is 11.3. The van der Waals surface area contributed by atoms with Crippen molar-refractivity contribution >= 4 is 39.0 Å². The fourth-order valence-electron chi connectivity index (χ4n) is 3.42. The summed E-state index contributed by atoms with van der Waals surface area (Å²) in [5, 5.41) is 5.22. The molecule has 30 heavy (non-hydrogen) atoms. The Morgan fingerprint density at radius 2 is 1.77 bits per heavy atom. The van der Waals surface area contributed by atoms with Crippen molar-refractivity contribution in [3.63, 3.8) is 0 Å². The quantitative estimate of drug-likeness (QED) is 0.301. The largest absolute Gasteiger partial charge is 0.340 e. The van der Waals surface area contributed by atoms with Crippen LogP contribution in [0.5, 0.6) is 0 Å². The zero-order valence-corrected chi connectivity index (χ0v) is 17.9. The average Bonchev–Trinajstić information content (AvgIpc) is 3.01. The molecule has 4 nitrogen and oxygen atoms in total. The van der Waals surface area contributed by atoms with Crippen LogP contribution in [0.1, 0.15) is 27.2 Å². The van der Waals surface area contributed by atoms with Crippen LogP contribution in [0.4, 0.5) is 4.39 Å². The number of nitrogens with one attached hydrogen (secondary N) is 1. The molecule has 0 spiro atoms. The Morgan fingerprint density at radius 3 is 2.50 bits per heavy atom. The molecule has 1 aromatic heterocycles. The van der Waals surface area contributed by atoms with E-state index in [-0.39, 0.29) is 11.7 Å². The number of rotatable bonds is 5. The number of carbonyl (C=O) groups is 1. The van der Waals surface area contributed by atoms with Crippen molar-refractivity contribution in [2.45, 2.75) is 13.5 Å². The lowest BCUT2D eigenvalue weighted by atomic mass is 10.1. The van der Waals surface area contributed by atoms with Crippen molar-refractivity contribution in [2.24, 2.45) is 5.10 Å². The van der Waals surface area contributed by atoms with Crippen LogP contribution in [0.2, 0.25) is 0 Å². The number of benzene rings is 3. The summed E-state index contributed by atoms with van der Waals surface area (Å²) in [5.41, 5.74) is 7.13. The molecule has 150 valence electrons. The Kier molecular flexibility index (Phi) is 5.77. The van der Waals surface area contributed by atoms with Crippen LogP contribution in [-0.4, -0.2) is 16.7 Å². The molecule has 0 aliphatic carbocycles. The number of hydrazone groups is 1. The van der Waals surface area contributed by atoms with E-state index in [4.69, 9.17) is 0 Å². The van der Waals surface area contributed by atoms with Gasteiger partial charge in [0.25, 0.3) is 5.91 Å². The first-order valence-corrected chi connectivity index (χ1v) is 10.2. The number of nitrogens with zero attached hydrogens (tertiary/aromatic N) is 2. The Labute approximate surface area is 182 Å². The van der Waals surface area contributed by atoms with Crippen LogP contribution in [-0.2, 0) is 6.54 Å². The Bertz CT molecular complexity index is 1230. The van der Waals surface area contributed by atoms with Gasteiger partial charge in [-0.1, -0.05) is 46.3 Å². The predicted octanol–water partition coefficient (Wildman–Crippen LogP) is 5.66. The average molecular weight is 464 g/mol. The molecule has 0 radical (unpaired) electrons. The molecule has 1 amide bonds. The van der Waals surface area contributed by atoms with Crippen LogP contribution >= 0.6 is 15.9 Å². The second-order valence-corrected chi connectivity index (χ2v) is 7.85. The third-order valence-electron chi connectivity index (χ3n) is 5.00. The number of hydrogen-bond donors (Lipinski definition) is 1. The van der Waals surface area contributed by atoms with Gasteiger partial charge in [0, 0.05) is 38.7 Å². The molecule has 4 rings (SSSR count). The van der Waals surface area contributed by atoms with Gasteiger partial charge in [0.15, 0.2) is 0 Å². The molecule has 0 unspecified atom stereocenters. The molecule has 3 aromatic carbocycles. The highest BCUT2D eigenvalue weighted by molar-refractivity contribution is 9.10. The summed E-state index contributed by atoms with van der Waals surface area (Å²) in [6.45, 7) is 2.63. The minimum absolute atomic E-state index is 0.248. The summed E-state index contributed by atoms with van der Waals surface area (Å²) in [6.07, 6.45) is 1.68. The summed E-state index contributed by atoms with van der Waals surface area (Å²) in [4.78, 5) is 12.3. The molecule has 4 aromatic rings. The van der Waals surface area contributed by atoms with Gasteiger partial charge in [-0.2, -0.15) is 5.10 Å². The van der Waals surface area contributed by atoms with Gasteiger partial charge in [-0.25, -0.2) is 9.82 Å². The van der Waals surface area contributed by atoms with Crippen molar-refractivity contribution < 1.29 is 9.18 Å². The van der Waals surface area contributed by atoms with Crippen LogP contribution in [0, 0.1) is 12.7 Å². The molecular formula is C24H19BrFN3O. The summed E-state index contributed by atoms with van der Waals surface area (Å²) in [5.74, 6) is -0.520. The van der Waals surface area contributed by atoms with Crippen LogP contribution in [0.25, 0.3) is 10.9 Å². The minimum atomic E-state index is -0.272. The van der Waals surface area contributed by atoms with E-state index in [9.17, 15) is 9.18 Å². The molecule has 6 heteroatoms. The summed E-state index contributed by atoms with van der Waals surface area (Å²) in [6, 6.07) is 21.6. The number of carbonyl (C=O) groups excluding carboxylic acids is 1. The second kappa shape index (κ2) is 8.63. The van der Waals surface area contributed by atoms with E-state index in [2.05, 4.69) is 31.0 Å². The third-order valence-corrected chi connectivity index (χ3v) is 5.53. The van der Waals surface area contributed by atoms with E-state index < -0.39 is 0 Å². The Balaban J connectivity index is 1.61. The number of hydrogen-bond acceptors (Lipinski definition) is 2. The van der Waals surface area contributed by atoms with Crippen LogP contribution in [0.3, 0.4) is 0 Å². The zero-order chi connectivity index (χ0) is 21.1. The monoisotopic (exact) mass is 463 g/mol. The molecule has 0 saturated heterocycles. The zero-order valence-electron chi connectivity index (χ0n) is 16.3. The molecule has 1 N–H and O–H groups in total. The van der Waals surface area contributed by atoms with E-state index in [1.807, 2.05) is 43.3 Å². The first kappa shape index (κ1) is 20.0. The summed E-state index contributed by atoms with van der Waals surface area (Å²) < 4.78 is 16.3. The summed E-state index contributed by atoms with van der Waals surface area (Å²) >= 11 is 3.36. The van der Waals surface area contributed by atoms with Crippen molar-refractivity contribution in [1.82, 2.24) is 9.99 Å². The molecule has 0 aliphatic heterocycles. The van der Waals surface area contributed by atoms with Crippen molar-refractivity contribution in [3.05, 3.63) is 105 Å². The standard InChI is InChI=1S/C24H19BrFN3O/c1-16-22(14-27-28-24(30)18-8-10-19(25)11-9-18)21-4-2-3-5-23(21)29(16)15-17-6-12-20(26)13-7-17/h2-14H,15H2,1H3,(H,28,30)/b27-14-. The molecule has 0 atom stereocenters. The highest BCUT2D eigenvalue weighted by atomic mass is 79.9. The summed E-state index contributed by atoms with van der Waals surface area (Å²) in [7, 11) is 0. The lowest BCUT2D eigenvalue weighted by Gasteiger charge is -2.08. The highest BCUT2D eigenvalue weighted by Gasteiger charge is 2.13. The first-order valence-electron chi connectivity index (χ1n) is 9.44. The molecule has 0 fully saturated rings. The van der Waals surface area contributed by atoms with Crippen molar-refractivity contribution in [1.29, 1.82) is 0 Å². The predicted molar refractivity (Wildman–Crippen MR) is 121 cm³/mol. The van der Waals surface area contributed by atoms with Gasteiger partial charge < -0.3 is 4.57 Å². The van der Waals surface area contributed by atoms with Gasteiger partial charge in [-0.15, -0.1) is 0 Å². The van der Waals surface area contributed by atoms with Gasteiger partial charge in [0.2, 0.25) is 0 Å². The van der Waals surface area contributed by atoms with Gasteiger partial charge in [0.05, 0.1) is 6.21 Å². The molecular weight excluding hydrogens is 445 g/mol. The van der Waals surface area contributed by atoms with Gasteiger partial charge in [0.1, 0.15) is 5.82 Å². The Morgan fingerprint density at radius 1 is 1.07 bits per heavy atom. The SMILES string of the molecule is Cc1c(/C=N\NC(=O)c2ccc(Br)cc2)c2ccccc2n1Cc1ccc(F)cc1. The van der Waals surface area contributed by atoms with E-state index in [0.717, 1.165) is 32.2 Å². The highest BCUT2D eigenvalue weighted by Crippen LogP contribution is 2.25. The van der Waals surface area contributed by atoms with Crippen molar-refractivity contribution in [3.8, 4) is 0 Å². The van der Waals surface area contributed by atoms with E-state index in [1.54, 1.807) is 30.5 Å². The minimum Gasteiger partial charge on any atom is -0.340 e. The van der Waals surface area contributed by atoms with Crippen LogP contribution < -0.4 is 5.43 Å². The van der Waals surface area contributed by atoms with Crippen LogP contribution in [0.15, 0.2) is 82.4 Å². The second-order valence-electron chi connectivity index (χ2n) is 6.93. The molecule has 0 aliphatic rings. The molecule has 0 bridgehead atoms. The number of amides is 1. The van der Waals surface area contributed by atoms with E-state index in [0.29, 0.717) is 12.1 Å². The van der Waals surface area contributed by atoms with Gasteiger partial charge in [-0.3, -0.25) is 4.79 Å².